The van der Waals surface area contributed by atoms with Crippen LogP contribution in [-0.2, 0) is 0 Å². The molecule has 0 saturated heterocycles. The van der Waals surface area contributed by atoms with E-state index < -0.39 is 0 Å². The number of hydrogen-bond donors (Lipinski definition) is 0. The minimum atomic E-state index is 0.598. The van der Waals surface area contributed by atoms with Crippen molar-refractivity contribution in [2.75, 3.05) is 0 Å². The summed E-state index contributed by atoms with van der Waals surface area (Å²) in [5.74, 6) is 1.83. The van der Waals surface area contributed by atoms with Gasteiger partial charge >= 0.3 is 0 Å². The first-order valence-electron chi connectivity index (χ1n) is 9.23. The Morgan fingerprint density at radius 2 is 1.90 bits per heavy atom. The van der Waals surface area contributed by atoms with Gasteiger partial charge in [0.2, 0.25) is 0 Å². The number of allylic oxidation sites excluding steroid dienone is 5. The lowest BCUT2D eigenvalue weighted by Gasteiger charge is -2.42. The van der Waals surface area contributed by atoms with Gasteiger partial charge in [-0.15, -0.1) is 0 Å². The van der Waals surface area contributed by atoms with E-state index in [1.807, 2.05) is 0 Å². The highest BCUT2D eigenvalue weighted by Gasteiger charge is 2.48. The van der Waals surface area contributed by atoms with Gasteiger partial charge in [0.1, 0.15) is 0 Å². The second-order valence-electron chi connectivity index (χ2n) is 7.84. The van der Waals surface area contributed by atoms with E-state index in [0.717, 1.165) is 11.8 Å². The molecule has 3 rings (SSSR count). The lowest BCUT2D eigenvalue weighted by atomic mass is 9.63. The Morgan fingerprint density at radius 1 is 1.10 bits per heavy atom. The van der Waals surface area contributed by atoms with Crippen molar-refractivity contribution in [2.24, 2.45) is 17.3 Å². The van der Waals surface area contributed by atoms with Crippen molar-refractivity contribution in [3.63, 3.8) is 0 Å². The average Bonchev–Trinajstić information content (AvgIpc) is 2.83. The van der Waals surface area contributed by atoms with Crippen LogP contribution < -0.4 is 0 Å². The first-order valence-corrected chi connectivity index (χ1v) is 9.23. The summed E-state index contributed by atoms with van der Waals surface area (Å²) < 4.78 is 0. The molecule has 0 amide bonds. The SMILES string of the molecule is C=C1CCCC/C1=C/C=C1\CCCC2(C)C(CC)CCC12. The van der Waals surface area contributed by atoms with Crippen molar-refractivity contribution in [3.05, 3.63) is 35.5 Å². The lowest BCUT2D eigenvalue weighted by Crippen LogP contribution is -2.32. The highest BCUT2D eigenvalue weighted by molar-refractivity contribution is 5.35. The summed E-state index contributed by atoms with van der Waals surface area (Å²) in [7, 11) is 0. The van der Waals surface area contributed by atoms with Crippen LogP contribution in [0.1, 0.15) is 78.1 Å². The van der Waals surface area contributed by atoms with Gasteiger partial charge < -0.3 is 0 Å². The Kier molecular flexibility index (Phi) is 4.43. The van der Waals surface area contributed by atoms with Gasteiger partial charge in [0.25, 0.3) is 0 Å². The van der Waals surface area contributed by atoms with Gasteiger partial charge in [-0.25, -0.2) is 0 Å². The van der Waals surface area contributed by atoms with E-state index in [4.69, 9.17) is 0 Å². The van der Waals surface area contributed by atoms with E-state index in [1.54, 1.807) is 5.57 Å². The molecule has 0 heteroatoms. The Hall–Kier alpha value is -0.780. The Balaban J connectivity index is 1.80. The standard InChI is InChI=1S/C21H32/c1-4-19-13-14-20-18(10-7-15-21(19,20)3)12-11-17-9-6-5-8-16(17)2/h11-12,19-20H,2,4-10,13-15H2,1,3H3/b17-11-,18-12+. The molecule has 0 aromatic rings. The molecule has 0 bridgehead atoms. The van der Waals surface area contributed by atoms with E-state index in [0.29, 0.717) is 5.41 Å². The molecule has 0 radical (unpaired) electrons. The van der Waals surface area contributed by atoms with E-state index in [2.05, 4.69) is 32.6 Å². The normalized spacial score (nSPS) is 40.8. The molecule has 116 valence electrons. The van der Waals surface area contributed by atoms with Crippen LogP contribution in [0.2, 0.25) is 0 Å². The Labute approximate surface area is 131 Å². The zero-order valence-corrected chi connectivity index (χ0v) is 14.1. The van der Waals surface area contributed by atoms with Crippen molar-refractivity contribution in [1.82, 2.24) is 0 Å². The van der Waals surface area contributed by atoms with Crippen LogP contribution >= 0.6 is 0 Å². The minimum Gasteiger partial charge on any atom is -0.0956 e. The Bertz CT molecular complexity index is 464. The van der Waals surface area contributed by atoms with Gasteiger partial charge in [-0.2, -0.15) is 0 Å². The third-order valence-corrected chi connectivity index (χ3v) is 6.78. The zero-order chi connectivity index (χ0) is 14.9. The van der Waals surface area contributed by atoms with Crippen LogP contribution in [0.5, 0.6) is 0 Å². The van der Waals surface area contributed by atoms with Crippen LogP contribution in [0.25, 0.3) is 0 Å². The number of rotatable bonds is 2. The van der Waals surface area contributed by atoms with Gasteiger partial charge in [0.05, 0.1) is 0 Å². The molecule has 3 fully saturated rings. The second-order valence-corrected chi connectivity index (χ2v) is 7.84. The topological polar surface area (TPSA) is 0 Å². The van der Waals surface area contributed by atoms with Crippen LogP contribution in [0.3, 0.4) is 0 Å². The molecule has 0 nitrogen and oxygen atoms in total. The maximum Gasteiger partial charge on any atom is -0.0143 e. The third-order valence-electron chi connectivity index (χ3n) is 6.78. The summed E-state index contributed by atoms with van der Waals surface area (Å²) in [6.07, 6.45) is 18.6. The second kappa shape index (κ2) is 6.15. The fraction of sp³-hybridized carbons (Fsp3) is 0.714. The first-order chi connectivity index (χ1) is 10.1. The van der Waals surface area contributed by atoms with Gasteiger partial charge in [-0.1, -0.05) is 50.1 Å². The highest BCUT2D eigenvalue weighted by atomic mass is 14.5. The maximum atomic E-state index is 4.27. The van der Waals surface area contributed by atoms with Crippen LogP contribution in [0.15, 0.2) is 35.5 Å². The maximum absolute atomic E-state index is 4.27. The zero-order valence-electron chi connectivity index (χ0n) is 14.1. The number of hydrogen-bond acceptors (Lipinski definition) is 0. The average molecular weight is 284 g/mol. The summed E-state index contributed by atoms with van der Waals surface area (Å²) in [6.45, 7) is 9.24. The van der Waals surface area contributed by atoms with Crippen molar-refractivity contribution in [1.29, 1.82) is 0 Å². The van der Waals surface area contributed by atoms with Gasteiger partial charge in [-0.05, 0) is 80.6 Å². The molecule has 0 aromatic carbocycles. The highest BCUT2D eigenvalue weighted by Crippen LogP contribution is 2.58. The van der Waals surface area contributed by atoms with Crippen LogP contribution in [-0.4, -0.2) is 0 Å². The summed E-state index contributed by atoms with van der Waals surface area (Å²) in [5.41, 5.74) is 5.28. The Morgan fingerprint density at radius 3 is 2.67 bits per heavy atom. The number of fused-ring (bicyclic) bond motifs is 1. The molecule has 3 unspecified atom stereocenters. The van der Waals surface area contributed by atoms with Crippen LogP contribution in [0, 0.1) is 17.3 Å². The van der Waals surface area contributed by atoms with E-state index in [1.165, 1.54) is 75.4 Å². The van der Waals surface area contributed by atoms with Crippen molar-refractivity contribution < 1.29 is 0 Å². The molecule has 3 atom stereocenters. The molecular weight excluding hydrogens is 252 g/mol. The van der Waals surface area contributed by atoms with E-state index in [-0.39, 0.29) is 0 Å². The molecular formula is C21H32. The smallest absolute Gasteiger partial charge is 0.0143 e. The quantitative estimate of drug-likeness (QED) is 0.536. The summed E-state index contributed by atoms with van der Waals surface area (Å²) in [4.78, 5) is 0. The largest absolute Gasteiger partial charge is 0.0956 e. The van der Waals surface area contributed by atoms with Crippen molar-refractivity contribution in [2.45, 2.75) is 78.1 Å². The molecule has 3 saturated carbocycles. The van der Waals surface area contributed by atoms with Crippen molar-refractivity contribution in [3.8, 4) is 0 Å². The summed E-state index contributed by atoms with van der Waals surface area (Å²) in [5, 5.41) is 0. The molecule has 21 heavy (non-hydrogen) atoms. The summed E-state index contributed by atoms with van der Waals surface area (Å²) in [6, 6.07) is 0. The third kappa shape index (κ3) is 2.79. The minimum absolute atomic E-state index is 0.598. The molecule has 0 N–H and O–H groups in total. The van der Waals surface area contributed by atoms with Gasteiger partial charge in [-0.3, -0.25) is 0 Å². The summed E-state index contributed by atoms with van der Waals surface area (Å²) >= 11 is 0. The molecule has 0 aromatic heterocycles. The molecule has 0 spiro atoms. The van der Waals surface area contributed by atoms with E-state index >= 15 is 0 Å². The molecule has 3 aliphatic rings. The van der Waals surface area contributed by atoms with Crippen molar-refractivity contribution >= 4 is 0 Å². The first kappa shape index (κ1) is 15.1. The predicted octanol–water partition coefficient (Wildman–Crippen LogP) is 6.60. The van der Waals surface area contributed by atoms with E-state index in [9.17, 15) is 0 Å². The van der Waals surface area contributed by atoms with Crippen LogP contribution in [0.4, 0.5) is 0 Å². The van der Waals surface area contributed by atoms with Gasteiger partial charge in [0, 0.05) is 0 Å². The monoisotopic (exact) mass is 284 g/mol. The fourth-order valence-corrected chi connectivity index (χ4v) is 5.42. The predicted molar refractivity (Wildman–Crippen MR) is 92.2 cm³/mol. The lowest BCUT2D eigenvalue weighted by molar-refractivity contribution is 0.133. The van der Waals surface area contributed by atoms with Gasteiger partial charge in [0.15, 0.2) is 0 Å². The molecule has 0 aliphatic heterocycles. The molecule has 0 heterocycles. The fourth-order valence-electron chi connectivity index (χ4n) is 5.42. The molecule has 3 aliphatic carbocycles.